The lowest BCUT2D eigenvalue weighted by molar-refractivity contribution is -0.139. The van der Waals surface area contributed by atoms with E-state index in [9.17, 15) is 18.4 Å². The number of piperidine rings is 1. The molecule has 1 aromatic carbocycles. The van der Waals surface area contributed by atoms with Crippen LogP contribution >= 0.6 is 0 Å². The number of likely N-dealkylation sites (tertiary alicyclic amines) is 1. The molecule has 3 atom stereocenters. The van der Waals surface area contributed by atoms with Gasteiger partial charge in [0, 0.05) is 37.7 Å². The molecule has 2 aliphatic carbocycles. The van der Waals surface area contributed by atoms with E-state index < -0.39 is 17.6 Å². The number of hydrogen-bond acceptors (Lipinski definition) is 4. The second-order valence-electron chi connectivity index (χ2n) is 12.6. The SMILES string of the molecule is CC1(C)COC(=O)N1CC1(C2CCCCC2)CCN(C(=O)C2CC(N)CC2c2ccc(F)cc2F)CC1. The van der Waals surface area contributed by atoms with E-state index in [1.54, 1.807) is 0 Å². The maximum atomic E-state index is 14.7. The Morgan fingerprint density at radius 2 is 1.81 bits per heavy atom. The molecule has 4 fully saturated rings. The van der Waals surface area contributed by atoms with Crippen LogP contribution in [0.3, 0.4) is 0 Å². The molecule has 0 bridgehead atoms. The van der Waals surface area contributed by atoms with Crippen molar-refractivity contribution in [3.05, 3.63) is 35.4 Å². The Bertz CT molecular complexity index is 1020. The van der Waals surface area contributed by atoms with Gasteiger partial charge in [0.15, 0.2) is 0 Å². The van der Waals surface area contributed by atoms with Crippen molar-refractivity contribution in [3.63, 3.8) is 0 Å². The number of carbonyl (C=O) groups is 2. The lowest BCUT2D eigenvalue weighted by atomic mass is 9.63. The van der Waals surface area contributed by atoms with E-state index in [1.165, 1.54) is 44.2 Å². The Morgan fingerprint density at radius 3 is 2.43 bits per heavy atom. The van der Waals surface area contributed by atoms with Crippen LogP contribution in [0.5, 0.6) is 0 Å². The van der Waals surface area contributed by atoms with E-state index in [4.69, 9.17) is 10.5 Å². The van der Waals surface area contributed by atoms with Crippen LogP contribution in [0.4, 0.5) is 13.6 Å². The van der Waals surface area contributed by atoms with E-state index in [0.717, 1.165) is 18.9 Å². The Morgan fingerprint density at radius 1 is 1.11 bits per heavy atom. The molecule has 2 amide bonds. The number of benzene rings is 1. The van der Waals surface area contributed by atoms with Gasteiger partial charge in [-0.2, -0.15) is 0 Å². The van der Waals surface area contributed by atoms with E-state index in [-0.39, 0.29) is 34.9 Å². The Kier molecular flexibility index (Phi) is 7.24. The molecule has 0 spiro atoms. The van der Waals surface area contributed by atoms with Crippen molar-refractivity contribution in [2.24, 2.45) is 23.0 Å². The smallest absolute Gasteiger partial charge is 0.410 e. The van der Waals surface area contributed by atoms with Crippen LogP contribution in [0.1, 0.15) is 83.1 Å². The van der Waals surface area contributed by atoms with Gasteiger partial charge < -0.3 is 15.4 Å². The van der Waals surface area contributed by atoms with Crippen molar-refractivity contribution in [1.29, 1.82) is 0 Å². The van der Waals surface area contributed by atoms with Gasteiger partial charge in [0.05, 0.1) is 5.54 Å². The van der Waals surface area contributed by atoms with Crippen LogP contribution in [0.25, 0.3) is 0 Å². The Labute approximate surface area is 218 Å². The molecule has 2 aliphatic heterocycles. The molecule has 37 heavy (non-hydrogen) atoms. The predicted molar refractivity (Wildman–Crippen MR) is 137 cm³/mol. The lowest BCUT2D eigenvalue weighted by Gasteiger charge is -2.51. The van der Waals surface area contributed by atoms with Crippen molar-refractivity contribution >= 4 is 12.0 Å². The van der Waals surface area contributed by atoms with Gasteiger partial charge in [-0.3, -0.25) is 9.69 Å². The summed E-state index contributed by atoms with van der Waals surface area (Å²) in [6.07, 6.45) is 8.52. The van der Waals surface area contributed by atoms with E-state index >= 15 is 0 Å². The third kappa shape index (κ3) is 5.10. The van der Waals surface area contributed by atoms with Gasteiger partial charge in [0.1, 0.15) is 18.2 Å². The van der Waals surface area contributed by atoms with Crippen molar-refractivity contribution < 1.29 is 23.1 Å². The zero-order chi connectivity index (χ0) is 26.4. The summed E-state index contributed by atoms with van der Waals surface area (Å²) in [6.45, 7) is 6.45. The maximum absolute atomic E-state index is 14.7. The van der Waals surface area contributed by atoms with E-state index in [0.29, 0.717) is 50.6 Å². The third-order valence-corrected chi connectivity index (χ3v) is 9.79. The first-order valence-electron chi connectivity index (χ1n) is 14.0. The molecule has 2 heterocycles. The molecule has 8 heteroatoms. The van der Waals surface area contributed by atoms with Crippen LogP contribution in [-0.4, -0.2) is 59.6 Å². The fourth-order valence-corrected chi connectivity index (χ4v) is 7.55. The average Bonchev–Trinajstić information content (AvgIpc) is 3.38. The van der Waals surface area contributed by atoms with Crippen LogP contribution in [0.15, 0.2) is 18.2 Å². The number of carbonyl (C=O) groups excluding carboxylic acids is 2. The topological polar surface area (TPSA) is 75.9 Å². The van der Waals surface area contributed by atoms with Crippen molar-refractivity contribution in [2.75, 3.05) is 26.2 Å². The number of hydrogen-bond donors (Lipinski definition) is 1. The van der Waals surface area contributed by atoms with Crippen LogP contribution in [0.2, 0.25) is 0 Å². The first kappa shape index (κ1) is 26.4. The molecule has 5 rings (SSSR count). The third-order valence-electron chi connectivity index (χ3n) is 9.79. The number of cyclic esters (lactones) is 1. The molecule has 0 radical (unpaired) electrons. The van der Waals surface area contributed by atoms with Gasteiger partial charge in [-0.1, -0.05) is 25.3 Å². The van der Waals surface area contributed by atoms with Gasteiger partial charge >= 0.3 is 6.09 Å². The zero-order valence-corrected chi connectivity index (χ0v) is 22.2. The molecule has 3 unspecified atom stereocenters. The van der Waals surface area contributed by atoms with Crippen LogP contribution in [0, 0.1) is 28.9 Å². The zero-order valence-electron chi connectivity index (χ0n) is 22.2. The molecule has 6 nitrogen and oxygen atoms in total. The summed E-state index contributed by atoms with van der Waals surface area (Å²) in [7, 11) is 0. The van der Waals surface area contributed by atoms with Crippen molar-refractivity contribution in [1.82, 2.24) is 9.80 Å². The summed E-state index contributed by atoms with van der Waals surface area (Å²) in [6, 6.07) is 3.44. The lowest BCUT2D eigenvalue weighted by Crippen LogP contribution is -2.55. The highest BCUT2D eigenvalue weighted by Crippen LogP contribution is 2.49. The largest absolute Gasteiger partial charge is 0.447 e. The molecule has 1 aromatic rings. The average molecular weight is 518 g/mol. The van der Waals surface area contributed by atoms with Gasteiger partial charge in [0.2, 0.25) is 5.91 Å². The number of rotatable bonds is 5. The minimum absolute atomic E-state index is 0.0276. The molecule has 2 saturated carbocycles. The minimum Gasteiger partial charge on any atom is -0.447 e. The summed E-state index contributed by atoms with van der Waals surface area (Å²) >= 11 is 0. The molecule has 2 N–H and O–H groups in total. The highest BCUT2D eigenvalue weighted by Gasteiger charge is 2.50. The van der Waals surface area contributed by atoms with Crippen LogP contribution < -0.4 is 5.73 Å². The number of amides is 2. The fourth-order valence-electron chi connectivity index (χ4n) is 7.55. The van der Waals surface area contributed by atoms with E-state index in [1.807, 2.05) is 9.80 Å². The first-order chi connectivity index (χ1) is 17.6. The quantitative estimate of drug-likeness (QED) is 0.582. The van der Waals surface area contributed by atoms with Crippen molar-refractivity contribution in [2.45, 2.75) is 89.1 Å². The molecule has 4 aliphatic rings. The predicted octanol–water partition coefficient (Wildman–Crippen LogP) is 5.21. The van der Waals surface area contributed by atoms with E-state index in [2.05, 4.69) is 13.8 Å². The molecular formula is C29H41F2N3O3. The van der Waals surface area contributed by atoms with Gasteiger partial charge in [0.25, 0.3) is 0 Å². The fraction of sp³-hybridized carbons (Fsp3) is 0.724. The van der Waals surface area contributed by atoms with Gasteiger partial charge in [-0.15, -0.1) is 0 Å². The van der Waals surface area contributed by atoms with Gasteiger partial charge in [-0.05, 0) is 81.3 Å². The highest BCUT2D eigenvalue weighted by atomic mass is 19.1. The second kappa shape index (κ2) is 10.2. The number of nitrogens with zero attached hydrogens (tertiary/aromatic N) is 2. The maximum Gasteiger partial charge on any atom is 0.410 e. The number of nitrogens with two attached hydrogens (primary N) is 1. The van der Waals surface area contributed by atoms with Crippen LogP contribution in [-0.2, 0) is 9.53 Å². The molecule has 2 saturated heterocycles. The number of halogens is 2. The molecule has 204 valence electrons. The first-order valence-corrected chi connectivity index (χ1v) is 14.0. The summed E-state index contributed by atoms with van der Waals surface area (Å²) in [4.78, 5) is 30.3. The Hall–Kier alpha value is -2.22. The summed E-state index contributed by atoms with van der Waals surface area (Å²) in [5.41, 5.74) is 6.27. The molecule has 0 aromatic heterocycles. The summed E-state index contributed by atoms with van der Waals surface area (Å²) in [5, 5.41) is 0. The standard InChI is InChI=1S/C29H41F2N3O3/c1-28(2)18-37-27(36)34(28)17-29(19-6-4-3-5-7-19)10-12-33(13-11-29)26(35)24-16-21(32)15-23(24)22-9-8-20(30)14-25(22)31/h8-9,14,19,21,23-24H,3-7,10-13,15-18,32H2,1-2H3. The minimum atomic E-state index is -0.619. The highest BCUT2D eigenvalue weighted by molar-refractivity contribution is 5.80. The monoisotopic (exact) mass is 517 g/mol. The summed E-state index contributed by atoms with van der Waals surface area (Å²) < 4.78 is 33.6. The summed E-state index contributed by atoms with van der Waals surface area (Å²) in [5.74, 6) is -1.40. The normalized spacial score (nSPS) is 30.0. The second-order valence-corrected chi connectivity index (χ2v) is 12.6. The number of ether oxygens (including phenoxy) is 1. The van der Waals surface area contributed by atoms with Gasteiger partial charge in [-0.25, -0.2) is 13.6 Å². The Balaban J connectivity index is 1.33. The van der Waals surface area contributed by atoms with Crippen molar-refractivity contribution in [3.8, 4) is 0 Å². The molecular weight excluding hydrogens is 476 g/mol.